The number of hydrogen-bond donors (Lipinski definition) is 1. The van der Waals surface area contributed by atoms with Gasteiger partial charge in [0.2, 0.25) is 5.91 Å². The number of halogens is 3. The molecule has 0 spiro atoms. The molecule has 0 radical (unpaired) electrons. The fourth-order valence-corrected chi connectivity index (χ4v) is 2.01. The average molecular weight is 262 g/mol. The molecule has 0 aliphatic rings. The van der Waals surface area contributed by atoms with Crippen molar-refractivity contribution >= 4 is 17.5 Å². The van der Waals surface area contributed by atoms with Crippen LogP contribution < -0.4 is 5.73 Å². The number of carbonyl (C=O) groups is 1. The van der Waals surface area contributed by atoms with E-state index in [1.807, 2.05) is 20.8 Å². The molecule has 0 aliphatic heterocycles. The lowest BCUT2D eigenvalue weighted by molar-refractivity contribution is 0.0986. The third-order valence-electron chi connectivity index (χ3n) is 2.45. The van der Waals surface area contributed by atoms with Crippen LogP contribution in [0.3, 0.4) is 0 Å². The van der Waals surface area contributed by atoms with Crippen LogP contribution in [0.15, 0.2) is 12.1 Å². The summed E-state index contributed by atoms with van der Waals surface area (Å²) in [6.07, 6.45) is -2.75. The Morgan fingerprint density at radius 3 is 2.24 bits per heavy atom. The summed E-state index contributed by atoms with van der Waals surface area (Å²) in [5, 5.41) is 0.274. The van der Waals surface area contributed by atoms with Gasteiger partial charge in [0, 0.05) is 16.1 Å². The molecule has 2 N–H and O–H groups in total. The molecule has 0 atom stereocenters. The summed E-state index contributed by atoms with van der Waals surface area (Å²) in [5.41, 5.74) is 4.65. The molecule has 94 valence electrons. The van der Waals surface area contributed by atoms with Gasteiger partial charge in [-0.05, 0) is 23.1 Å². The second kappa shape index (κ2) is 4.61. The van der Waals surface area contributed by atoms with Crippen molar-refractivity contribution in [3.05, 3.63) is 33.8 Å². The van der Waals surface area contributed by atoms with Gasteiger partial charge in [-0.25, -0.2) is 8.78 Å². The molecule has 5 heteroatoms. The molecule has 0 fully saturated rings. The largest absolute Gasteiger partial charge is 0.366 e. The minimum Gasteiger partial charge on any atom is -0.366 e. The number of primary amides is 1. The fourth-order valence-electron chi connectivity index (χ4n) is 1.56. The normalized spacial score (nSPS) is 11.9. The first-order chi connectivity index (χ1) is 7.64. The minimum absolute atomic E-state index is 0.224. The molecule has 1 amide bonds. The first-order valence-electron chi connectivity index (χ1n) is 5.06. The van der Waals surface area contributed by atoms with E-state index < -0.39 is 12.3 Å². The summed E-state index contributed by atoms with van der Waals surface area (Å²) in [6, 6.07) is 2.47. The standard InChI is InChI=1S/C12H14ClF2NO/c1-12(2,3)8-4-6(10(14)15)7(11(16)17)5-9(8)13/h4-5,10H,1-3H3,(H2,16,17). The first-order valence-corrected chi connectivity index (χ1v) is 5.44. The smallest absolute Gasteiger partial charge is 0.264 e. The molecule has 0 saturated heterocycles. The van der Waals surface area contributed by atoms with Crippen molar-refractivity contribution in [2.45, 2.75) is 32.6 Å². The maximum absolute atomic E-state index is 12.8. The molecule has 0 bridgehead atoms. The Morgan fingerprint density at radius 2 is 1.88 bits per heavy atom. The quantitative estimate of drug-likeness (QED) is 0.867. The third-order valence-corrected chi connectivity index (χ3v) is 2.76. The highest BCUT2D eigenvalue weighted by Crippen LogP contribution is 2.35. The topological polar surface area (TPSA) is 43.1 Å². The molecule has 0 saturated carbocycles. The van der Waals surface area contributed by atoms with Crippen LogP contribution >= 0.6 is 11.6 Å². The molecule has 0 unspecified atom stereocenters. The summed E-state index contributed by atoms with van der Waals surface area (Å²) in [6.45, 7) is 5.56. The van der Waals surface area contributed by atoms with Crippen molar-refractivity contribution in [2.24, 2.45) is 5.73 Å². The van der Waals surface area contributed by atoms with E-state index in [4.69, 9.17) is 17.3 Å². The third kappa shape index (κ3) is 2.94. The van der Waals surface area contributed by atoms with E-state index in [-0.39, 0.29) is 21.6 Å². The van der Waals surface area contributed by atoms with E-state index in [0.29, 0.717) is 5.56 Å². The van der Waals surface area contributed by atoms with Gasteiger partial charge in [0.25, 0.3) is 6.43 Å². The van der Waals surface area contributed by atoms with Crippen molar-refractivity contribution < 1.29 is 13.6 Å². The van der Waals surface area contributed by atoms with Gasteiger partial charge in [-0.1, -0.05) is 32.4 Å². The maximum atomic E-state index is 12.8. The Labute approximate surface area is 104 Å². The highest BCUT2D eigenvalue weighted by atomic mass is 35.5. The van der Waals surface area contributed by atoms with Crippen molar-refractivity contribution in [1.82, 2.24) is 0 Å². The summed E-state index contributed by atoms with van der Waals surface area (Å²) >= 11 is 5.98. The molecule has 0 aromatic heterocycles. The first kappa shape index (κ1) is 13.9. The number of amides is 1. The lowest BCUT2D eigenvalue weighted by Crippen LogP contribution is -2.18. The van der Waals surface area contributed by atoms with Crippen LogP contribution in [0.25, 0.3) is 0 Å². The van der Waals surface area contributed by atoms with E-state index in [2.05, 4.69) is 0 Å². The molecule has 1 rings (SSSR count). The second-order valence-electron chi connectivity index (χ2n) is 4.83. The van der Waals surface area contributed by atoms with E-state index in [1.54, 1.807) is 0 Å². The lowest BCUT2D eigenvalue weighted by atomic mass is 9.85. The second-order valence-corrected chi connectivity index (χ2v) is 5.24. The van der Waals surface area contributed by atoms with Gasteiger partial charge in [-0.3, -0.25) is 4.79 Å². The van der Waals surface area contributed by atoms with Crippen LogP contribution in [-0.2, 0) is 5.41 Å². The summed E-state index contributed by atoms with van der Waals surface area (Å²) < 4.78 is 25.7. The number of benzene rings is 1. The summed E-state index contributed by atoms with van der Waals surface area (Å²) in [5.74, 6) is -0.900. The zero-order chi connectivity index (χ0) is 13.4. The number of nitrogens with two attached hydrogens (primary N) is 1. The van der Waals surface area contributed by atoms with Gasteiger partial charge < -0.3 is 5.73 Å². The predicted molar refractivity (Wildman–Crippen MR) is 63.6 cm³/mol. The van der Waals surface area contributed by atoms with E-state index in [0.717, 1.165) is 0 Å². The van der Waals surface area contributed by atoms with Crippen molar-refractivity contribution in [3.63, 3.8) is 0 Å². The van der Waals surface area contributed by atoms with Gasteiger partial charge in [-0.15, -0.1) is 0 Å². The van der Waals surface area contributed by atoms with E-state index in [1.165, 1.54) is 12.1 Å². The zero-order valence-electron chi connectivity index (χ0n) is 9.85. The lowest BCUT2D eigenvalue weighted by Gasteiger charge is -2.22. The van der Waals surface area contributed by atoms with Gasteiger partial charge in [0.15, 0.2) is 0 Å². The predicted octanol–water partition coefficient (Wildman–Crippen LogP) is 3.67. The molecule has 2 nitrogen and oxygen atoms in total. The van der Waals surface area contributed by atoms with E-state index in [9.17, 15) is 13.6 Å². The molecule has 1 aromatic rings. The van der Waals surface area contributed by atoms with Crippen LogP contribution in [0.4, 0.5) is 8.78 Å². The van der Waals surface area contributed by atoms with Crippen LogP contribution in [0.2, 0.25) is 5.02 Å². The highest BCUT2D eigenvalue weighted by Gasteiger charge is 2.24. The molecule has 17 heavy (non-hydrogen) atoms. The Morgan fingerprint density at radius 1 is 1.35 bits per heavy atom. The summed E-state index contributed by atoms with van der Waals surface area (Å²) in [4.78, 5) is 11.1. The van der Waals surface area contributed by atoms with Crippen LogP contribution in [-0.4, -0.2) is 5.91 Å². The van der Waals surface area contributed by atoms with Gasteiger partial charge in [0.1, 0.15) is 0 Å². The Bertz CT molecular complexity index is 453. The number of rotatable bonds is 2. The number of alkyl halides is 2. The Hall–Kier alpha value is -1.16. The summed E-state index contributed by atoms with van der Waals surface area (Å²) in [7, 11) is 0. The van der Waals surface area contributed by atoms with Gasteiger partial charge >= 0.3 is 0 Å². The van der Waals surface area contributed by atoms with Gasteiger partial charge in [0.05, 0.1) is 0 Å². The number of carbonyl (C=O) groups excluding carboxylic acids is 1. The monoisotopic (exact) mass is 261 g/mol. The van der Waals surface area contributed by atoms with Crippen molar-refractivity contribution in [1.29, 1.82) is 0 Å². The molecular formula is C12H14ClF2NO. The maximum Gasteiger partial charge on any atom is 0.264 e. The van der Waals surface area contributed by atoms with Crippen LogP contribution in [0, 0.1) is 0 Å². The van der Waals surface area contributed by atoms with Crippen molar-refractivity contribution in [3.8, 4) is 0 Å². The van der Waals surface area contributed by atoms with Crippen LogP contribution in [0.5, 0.6) is 0 Å². The molecular weight excluding hydrogens is 248 g/mol. The zero-order valence-corrected chi connectivity index (χ0v) is 10.6. The number of hydrogen-bond acceptors (Lipinski definition) is 1. The van der Waals surface area contributed by atoms with E-state index >= 15 is 0 Å². The minimum atomic E-state index is -2.75. The molecule has 1 aromatic carbocycles. The van der Waals surface area contributed by atoms with Crippen molar-refractivity contribution in [2.75, 3.05) is 0 Å². The van der Waals surface area contributed by atoms with Crippen LogP contribution in [0.1, 0.15) is 48.7 Å². The van der Waals surface area contributed by atoms with Gasteiger partial charge in [-0.2, -0.15) is 0 Å². The Balaban J connectivity index is 3.51. The average Bonchev–Trinajstić information content (AvgIpc) is 2.14. The fraction of sp³-hybridized carbons (Fsp3) is 0.417. The molecule has 0 heterocycles. The highest BCUT2D eigenvalue weighted by molar-refractivity contribution is 6.32. The Kier molecular flexibility index (Phi) is 3.77. The molecule has 0 aliphatic carbocycles. The SMILES string of the molecule is CC(C)(C)c1cc(C(F)F)c(C(N)=O)cc1Cl.